The molecule has 0 unspecified atom stereocenters. The largest absolute Gasteiger partial charge is 0.506 e. The number of carboxylic acids is 1. The number of hydrogen-bond acceptors (Lipinski definition) is 3. The predicted molar refractivity (Wildman–Crippen MR) is 72.9 cm³/mol. The summed E-state index contributed by atoms with van der Waals surface area (Å²) in [5.41, 5.74) is 0.375. The molecule has 2 aromatic rings. The van der Waals surface area contributed by atoms with Crippen molar-refractivity contribution < 1.29 is 15.0 Å². The van der Waals surface area contributed by atoms with Crippen LogP contribution in [0.25, 0.3) is 10.9 Å². The number of nitrogens with zero attached hydrogens (tertiary/aromatic N) is 1. The number of rotatable bonds is 1. The van der Waals surface area contributed by atoms with Gasteiger partial charge in [0.1, 0.15) is 5.75 Å². The Morgan fingerprint density at radius 3 is 2.79 bits per heavy atom. The van der Waals surface area contributed by atoms with E-state index in [2.05, 4.69) is 15.9 Å². The highest BCUT2D eigenvalue weighted by atomic mass is 79.9. The summed E-state index contributed by atoms with van der Waals surface area (Å²) in [6, 6.07) is 3.40. The Kier molecular flexibility index (Phi) is 2.63. The lowest BCUT2D eigenvalue weighted by Gasteiger charge is -2.21. The van der Waals surface area contributed by atoms with E-state index in [0.717, 1.165) is 22.9 Å². The molecule has 1 aromatic heterocycles. The molecule has 0 fully saturated rings. The zero-order valence-corrected chi connectivity index (χ0v) is 11.4. The first-order chi connectivity index (χ1) is 9.02. The summed E-state index contributed by atoms with van der Waals surface area (Å²) in [4.78, 5) is 23.3. The monoisotopic (exact) mass is 323 g/mol. The second kappa shape index (κ2) is 4.09. The fourth-order valence-corrected chi connectivity index (χ4v) is 3.16. The van der Waals surface area contributed by atoms with Crippen LogP contribution in [0.15, 0.2) is 21.4 Å². The third-order valence-electron chi connectivity index (χ3n) is 3.47. The zero-order valence-electron chi connectivity index (χ0n) is 9.81. The number of hydrogen-bond donors (Lipinski definition) is 2. The molecule has 3 rings (SSSR count). The predicted octanol–water partition coefficient (Wildman–Crippen LogP) is 2.11. The van der Waals surface area contributed by atoms with E-state index in [9.17, 15) is 14.7 Å². The molecule has 0 saturated heterocycles. The van der Waals surface area contributed by atoms with Crippen molar-refractivity contribution in [3.05, 3.63) is 38.1 Å². The maximum Gasteiger partial charge on any atom is 0.345 e. The number of carbonyl (C=O) groups is 1. The van der Waals surface area contributed by atoms with Gasteiger partial charge in [-0.3, -0.25) is 4.79 Å². The van der Waals surface area contributed by atoms with Crippen molar-refractivity contribution in [3.63, 3.8) is 0 Å². The van der Waals surface area contributed by atoms with Crippen LogP contribution in [-0.4, -0.2) is 20.7 Å². The van der Waals surface area contributed by atoms with Crippen molar-refractivity contribution in [2.75, 3.05) is 0 Å². The van der Waals surface area contributed by atoms with E-state index in [1.165, 1.54) is 4.57 Å². The van der Waals surface area contributed by atoms with Gasteiger partial charge < -0.3 is 14.8 Å². The molecule has 0 spiro atoms. The van der Waals surface area contributed by atoms with Crippen molar-refractivity contribution in [1.82, 2.24) is 4.57 Å². The number of aromatic nitrogens is 1. The number of aromatic hydroxyl groups is 1. The average molecular weight is 324 g/mol. The number of aryl methyl sites for hydroxylation is 2. The fourth-order valence-electron chi connectivity index (χ4n) is 2.64. The van der Waals surface area contributed by atoms with E-state index in [1.807, 2.05) is 0 Å². The number of halogens is 1. The van der Waals surface area contributed by atoms with E-state index in [4.69, 9.17) is 5.11 Å². The van der Waals surface area contributed by atoms with E-state index in [0.29, 0.717) is 17.4 Å². The van der Waals surface area contributed by atoms with Gasteiger partial charge in [-0.25, -0.2) is 4.79 Å². The summed E-state index contributed by atoms with van der Waals surface area (Å²) in [5.74, 6) is -1.84. The fraction of sp³-hybridized carbons (Fsp3) is 0.231. The van der Waals surface area contributed by atoms with Gasteiger partial charge in [0, 0.05) is 16.4 Å². The van der Waals surface area contributed by atoms with E-state index in [-0.39, 0.29) is 0 Å². The molecule has 1 aromatic carbocycles. The maximum absolute atomic E-state index is 12.2. The summed E-state index contributed by atoms with van der Waals surface area (Å²) >= 11 is 3.43. The van der Waals surface area contributed by atoms with Crippen molar-refractivity contribution in [3.8, 4) is 5.75 Å². The van der Waals surface area contributed by atoms with Crippen LogP contribution < -0.4 is 5.56 Å². The van der Waals surface area contributed by atoms with Crippen LogP contribution in [0.2, 0.25) is 0 Å². The molecule has 1 aliphatic rings. The Hall–Kier alpha value is -1.82. The molecule has 0 radical (unpaired) electrons. The van der Waals surface area contributed by atoms with Gasteiger partial charge in [-0.2, -0.15) is 0 Å². The Labute approximate surface area is 116 Å². The first-order valence-corrected chi connectivity index (χ1v) is 6.62. The van der Waals surface area contributed by atoms with E-state index < -0.39 is 22.8 Å². The molecule has 0 aliphatic carbocycles. The van der Waals surface area contributed by atoms with Gasteiger partial charge in [0.15, 0.2) is 5.56 Å². The number of benzene rings is 1. The quantitative estimate of drug-likeness (QED) is 0.842. The molecule has 2 N–H and O–H groups in total. The third kappa shape index (κ3) is 1.59. The second-order valence-electron chi connectivity index (χ2n) is 4.51. The summed E-state index contributed by atoms with van der Waals surface area (Å²) < 4.78 is 2.32. The Balaban J connectivity index is 2.59. The number of carboxylic acid groups (broad SMARTS) is 1. The van der Waals surface area contributed by atoms with Crippen LogP contribution >= 0.6 is 15.9 Å². The first-order valence-electron chi connectivity index (χ1n) is 5.82. The highest BCUT2D eigenvalue weighted by Gasteiger charge is 2.25. The minimum absolute atomic E-state index is 0.412. The van der Waals surface area contributed by atoms with Crippen LogP contribution in [-0.2, 0) is 13.0 Å². The third-order valence-corrected chi connectivity index (χ3v) is 4.21. The van der Waals surface area contributed by atoms with Crippen LogP contribution in [0, 0.1) is 0 Å². The normalized spacial score (nSPS) is 13.7. The lowest BCUT2D eigenvalue weighted by Crippen LogP contribution is -2.29. The van der Waals surface area contributed by atoms with Crippen molar-refractivity contribution in [2.45, 2.75) is 19.4 Å². The smallest absolute Gasteiger partial charge is 0.345 e. The second-order valence-corrected chi connectivity index (χ2v) is 5.37. The molecule has 1 aliphatic heterocycles. The van der Waals surface area contributed by atoms with Gasteiger partial charge in [0.2, 0.25) is 0 Å². The summed E-state index contributed by atoms with van der Waals surface area (Å²) in [5, 5.41) is 19.5. The van der Waals surface area contributed by atoms with Gasteiger partial charge in [0.25, 0.3) is 5.56 Å². The van der Waals surface area contributed by atoms with Gasteiger partial charge in [-0.05, 0) is 30.5 Å². The van der Waals surface area contributed by atoms with Crippen LogP contribution in [0.5, 0.6) is 5.75 Å². The Morgan fingerprint density at radius 1 is 1.37 bits per heavy atom. The zero-order chi connectivity index (χ0) is 13.7. The molecule has 0 bridgehead atoms. The Morgan fingerprint density at radius 2 is 2.11 bits per heavy atom. The standard InChI is InChI=1S/C13H10BrNO4/c14-8-4-3-7-10-6(8)2-1-5-15(10)12(17)9(11(7)16)13(18)19/h3-4,16H,1-2,5H2,(H,18,19). The minimum Gasteiger partial charge on any atom is -0.506 e. The lowest BCUT2D eigenvalue weighted by molar-refractivity contribution is 0.0691. The molecule has 6 heteroatoms. The summed E-state index contributed by atoms with van der Waals surface area (Å²) in [6.07, 6.45) is 1.57. The molecular formula is C13H10BrNO4. The highest BCUT2D eigenvalue weighted by Crippen LogP contribution is 2.35. The lowest BCUT2D eigenvalue weighted by atomic mass is 9.99. The molecule has 0 amide bonds. The molecule has 0 saturated carbocycles. The number of aromatic carboxylic acids is 1. The molecule has 2 heterocycles. The first kappa shape index (κ1) is 12.2. The van der Waals surface area contributed by atoms with Crippen LogP contribution in [0.3, 0.4) is 0 Å². The molecule has 98 valence electrons. The Bertz CT molecular complexity index is 779. The van der Waals surface area contributed by atoms with E-state index in [1.54, 1.807) is 12.1 Å². The van der Waals surface area contributed by atoms with Gasteiger partial charge in [-0.15, -0.1) is 0 Å². The van der Waals surface area contributed by atoms with Crippen molar-refractivity contribution in [2.24, 2.45) is 0 Å². The van der Waals surface area contributed by atoms with Gasteiger partial charge in [-0.1, -0.05) is 15.9 Å². The van der Waals surface area contributed by atoms with Crippen LogP contribution in [0.4, 0.5) is 0 Å². The molecule has 5 nitrogen and oxygen atoms in total. The minimum atomic E-state index is -1.40. The van der Waals surface area contributed by atoms with Crippen molar-refractivity contribution >= 4 is 32.8 Å². The van der Waals surface area contributed by atoms with Crippen molar-refractivity contribution in [1.29, 1.82) is 0 Å². The molecular weight excluding hydrogens is 314 g/mol. The number of pyridine rings is 1. The van der Waals surface area contributed by atoms with Crippen LogP contribution in [0.1, 0.15) is 22.3 Å². The average Bonchev–Trinajstić information content (AvgIpc) is 2.37. The summed E-state index contributed by atoms with van der Waals surface area (Å²) in [7, 11) is 0. The summed E-state index contributed by atoms with van der Waals surface area (Å²) in [6.45, 7) is 0.472. The SMILES string of the molecule is O=C(O)c1c(O)c2ccc(Br)c3c2n(c1=O)CCC3. The highest BCUT2D eigenvalue weighted by molar-refractivity contribution is 9.10. The maximum atomic E-state index is 12.2. The molecule has 19 heavy (non-hydrogen) atoms. The van der Waals surface area contributed by atoms with E-state index >= 15 is 0 Å². The molecule has 0 atom stereocenters. The van der Waals surface area contributed by atoms with Gasteiger partial charge in [0.05, 0.1) is 5.52 Å². The van der Waals surface area contributed by atoms with Gasteiger partial charge >= 0.3 is 5.97 Å². The topological polar surface area (TPSA) is 79.5 Å².